The Labute approximate surface area is 94.1 Å². The Kier molecular flexibility index (Phi) is 5.42. The highest BCUT2D eigenvalue weighted by Gasteiger charge is 2.05. The maximum Gasteiger partial charge on any atom is 0.252 e. The van der Waals surface area contributed by atoms with Crippen LogP contribution in [0.4, 0.5) is 4.39 Å². The highest BCUT2D eigenvalue weighted by molar-refractivity contribution is 5.93. The standard InChI is InChI=1S/C11H16FN3O/c12-10-6-9(7-14-8-10)11(16)15-5-3-1-2-4-13/h6-8H,1-5,13H2,(H,15,16). The van der Waals surface area contributed by atoms with Gasteiger partial charge in [0.2, 0.25) is 0 Å². The first-order valence-corrected chi connectivity index (χ1v) is 5.33. The summed E-state index contributed by atoms with van der Waals surface area (Å²) in [4.78, 5) is 15.1. The number of amides is 1. The van der Waals surface area contributed by atoms with Crippen LogP contribution < -0.4 is 11.1 Å². The summed E-state index contributed by atoms with van der Waals surface area (Å²) in [6.45, 7) is 1.25. The molecule has 1 amide bonds. The molecule has 0 aliphatic rings. The molecule has 3 N–H and O–H groups in total. The van der Waals surface area contributed by atoms with Gasteiger partial charge in [0.15, 0.2) is 0 Å². The van der Waals surface area contributed by atoms with Crippen molar-refractivity contribution in [2.24, 2.45) is 5.73 Å². The molecule has 0 radical (unpaired) electrons. The topological polar surface area (TPSA) is 68.0 Å². The lowest BCUT2D eigenvalue weighted by atomic mass is 10.2. The Balaban J connectivity index is 2.30. The first-order chi connectivity index (χ1) is 7.74. The van der Waals surface area contributed by atoms with Gasteiger partial charge in [-0.1, -0.05) is 6.42 Å². The van der Waals surface area contributed by atoms with E-state index in [1.165, 1.54) is 12.3 Å². The Morgan fingerprint density at radius 2 is 2.19 bits per heavy atom. The van der Waals surface area contributed by atoms with E-state index in [1.54, 1.807) is 0 Å². The number of nitrogens with zero attached hydrogens (tertiary/aromatic N) is 1. The third kappa shape index (κ3) is 4.35. The number of halogens is 1. The van der Waals surface area contributed by atoms with Crippen LogP contribution >= 0.6 is 0 Å². The van der Waals surface area contributed by atoms with Crippen LogP contribution in [0, 0.1) is 5.82 Å². The van der Waals surface area contributed by atoms with E-state index >= 15 is 0 Å². The molecule has 88 valence electrons. The number of rotatable bonds is 6. The summed E-state index contributed by atoms with van der Waals surface area (Å²) in [7, 11) is 0. The molecule has 0 aliphatic heterocycles. The molecule has 0 aromatic carbocycles. The smallest absolute Gasteiger partial charge is 0.252 e. The molecule has 1 aromatic rings. The van der Waals surface area contributed by atoms with Crippen LogP contribution in [0.1, 0.15) is 29.6 Å². The highest BCUT2D eigenvalue weighted by atomic mass is 19.1. The molecular formula is C11H16FN3O. The van der Waals surface area contributed by atoms with Crippen molar-refractivity contribution in [2.45, 2.75) is 19.3 Å². The fourth-order valence-electron chi connectivity index (χ4n) is 1.29. The molecule has 5 heteroatoms. The molecule has 0 saturated heterocycles. The summed E-state index contributed by atoms with van der Waals surface area (Å²) in [6.07, 6.45) is 5.23. The summed E-state index contributed by atoms with van der Waals surface area (Å²) in [5.41, 5.74) is 5.59. The van der Waals surface area contributed by atoms with E-state index in [-0.39, 0.29) is 11.5 Å². The van der Waals surface area contributed by atoms with Gasteiger partial charge in [0.1, 0.15) is 5.82 Å². The maximum atomic E-state index is 12.8. The third-order valence-electron chi connectivity index (χ3n) is 2.13. The molecule has 4 nitrogen and oxygen atoms in total. The summed E-state index contributed by atoms with van der Waals surface area (Å²) in [5, 5.41) is 2.70. The van der Waals surface area contributed by atoms with Crippen molar-refractivity contribution in [1.82, 2.24) is 10.3 Å². The van der Waals surface area contributed by atoms with E-state index in [0.717, 1.165) is 25.5 Å². The van der Waals surface area contributed by atoms with Gasteiger partial charge in [0.05, 0.1) is 11.8 Å². The molecule has 0 atom stereocenters. The second-order valence-corrected chi connectivity index (χ2v) is 3.50. The van der Waals surface area contributed by atoms with Crippen LogP contribution in [0.15, 0.2) is 18.5 Å². The summed E-state index contributed by atoms with van der Waals surface area (Å²) in [6, 6.07) is 1.17. The van der Waals surface area contributed by atoms with Gasteiger partial charge in [-0.25, -0.2) is 4.39 Å². The quantitative estimate of drug-likeness (QED) is 0.712. The van der Waals surface area contributed by atoms with Gasteiger partial charge < -0.3 is 11.1 Å². The molecule has 0 saturated carbocycles. The zero-order chi connectivity index (χ0) is 11.8. The van der Waals surface area contributed by atoms with Crippen LogP contribution in [-0.2, 0) is 0 Å². The van der Waals surface area contributed by atoms with E-state index in [1.807, 2.05) is 0 Å². The molecule has 16 heavy (non-hydrogen) atoms. The molecule has 0 aliphatic carbocycles. The van der Waals surface area contributed by atoms with Gasteiger partial charge >= 0.3 is 0 Å². The van der Waals surface area contributed by atoms with E-state index in [4.69, 9.17) is 5.73 Å². The van der Waals surface area contributed by atoms with Crippen LogP contribution in [-0.4, -0.2) is 24.0 Å². The lowest BCUT2D eigenvalue weighted by Gasteiger charge is -2.04. The van der Waals surface area contributed by atoms with Crippen LogP contribution in [0.5, 0.6) is 0 Å². The number of carbonyl (C=O) groups is 1. The number of hydrogen-bond donors (Lipinski definition) is 2. The lowest BCUT2D eigenvalue weighted by Crippen LogP contribution is -2.24. The maximum absolute atomic E-state index is 12.8. The molecule has 1 rings (SSSR count). The largest absolute Gasteiger partial charge is 0.352 e. The van der Waals surface area contributed by atoms with Gasteiger partial charge in [-0.3, -0.25) is 9.78 Å². The Bertz CT molecular complexity index is 344. The van der Waals surface area contributed by atoms with Gasteiger partial charge in [-0.05, 0) is 25.5 Å². The number of hydrogen-bond acceptors (Lipinski definition) is 3. The number of nitrogens with one attached hydrogen (secondary N) is 1. The van der Waals surface area contributed by atoms with E-state index in [2.05, 4.69) is 10.3 Å². The molecule has 1 aromatic heterocycles. The summed E-state index contributed by atoms with van der Waals surface area (Å²) in [5.74, 6) is -0.796. The fraction of sp³-hybridized carbons (Fsp3) is 0.455. The third-order valence-corrected chi connectivity index (χ3v) is 2.13. The minimum atomic E-state index is -0.504. The van der Waals surface area contributed by atoms with Crippen LogP contribution in [0.3, 0.4) is 0 Å². The summed E-state index contributed by atoms with van der Waals surface area (Å²) >= 11 is 0. The second kappa shape index (κ2) is 6.90. The van der Waals surface area contributed by atoms with Crippen LogP contribution in [0.25, 0.3) is 0 Å². The van der Waals surface area contributed by atoms with E-state index in [9.17, 15) is 9.18 Å². The average Bonchev–Trinajstić information content (AvgIpc) is 2.28. The van der Waals surface area contributed by atoms with Gasteiger partial charge in [0, 0.05) is 12.7 Å². The summed E-state index contributed by atoms with van der Waals surface area (Å²) < 4.78 is 12.8. The monoisotopic (exact) mass is 225 g/mol. The van der Waals surface area contributed by atoms with Crippen molar-refractivity contribution in [2.75, 3.05) is 13.1 Å². The van der Waals surface area contributed by atoms with E-state index < -0.39 is 5.82 Å². The number of unbranched alkanes of at least 4 members (excludes halogenated alkanes) is 2. The zero-order valence-corrected chi connectivity index (χ0v) is 9.08. The average molecular weight is 225 g/mol. The van der Waals surface area contributed by atoms with Crippen LogP contribution in [0.2, 0.25) is 0 Å². The molecule has 0 spiro atoms. The normalized spacial score (nSPS) is 10.1. The fourth-order valence-corrected chi connectivity index (χ4v) is 1.29. The Hall–Kier alpha value is -1.49. The van der Waals surface area contributed by atoms with Crippen molar-refractivity contribution in [1.29, 1.82) is 0 Å². The van der Waals surface area contributed by atoms with Crippen molar-refractivity contribution in [3.8, 4) is 0 Å². The zero-order valence-electron chi connectivity index (χ0n) is 9.08. The molecule has 0 bridgehead atoms. The number of carbonyl (C=O) groups excluding carboxylic acids is 1. The minimum Gasteiger partial charge on any atom is -0.352 e. The van der Waals surface area contributed by atoms with Crippen molar-refractivity contribution in [3.63, 3.8) is 0 Å². The first kappa shape index (κ1) is 12.6. The van der Waals surface area contributed by atoms with E-state index in [0.29, 0.717) is 13.1 Å². The SMILES string of the molecule is NCCCCCNC(=O)c1cncc(F)c1. The predicted octanol–water partition coefficient (Wildman–Crippen LogP) is 1.08. The molecular weight excluding hydrogens is 209 g/mol. The number of aromatic nitrogens is 1. The number of nitrogens with two attached hydrogens (primary N) is 1. The first-order valence-electron chi connectivity index (χ1n) is 5.33. The van der Waals surface area contributed by atoms with Crippen molar-refractivity contribution < 1.29 is 9.18 Å². The molecule has 1 heterocycles. The van der Waals surface area contributed by atoms with Gasteiger partial charge in [0.25, 0.3) is 5.91 Å². The van der Waals surface area contributed by atoms with Gasteiger partial charge in [-0.15, -0.1) is 0 Å². The lowest BCUT2D eigenvalue weighted by molar-refractivity contribution is 0.0952. The Morgan fingerprint density at radius 1 is 1.38 bits per heavy atom. The second-order valence-electron chi connectivity index (χ2n) is 3.50. The molecule has 0 fully saturated rings. The van der Waals surface area contributed by atoms with Crippen molar-refractivity contribution in [3.05, 3.63) is 29.8 Å². The Morgan fingerprint density at radius 3 is 2.88 bits per heavy atom. The molecule has 0 unspecified atom stereocenters. The van der Waals surface area contributed by atoms with Crippen molar-refractivity contribution >= 4 is 5.91 Å². The predicted molar refractivity (Wildman–Crippen MR) is 59.4 cm³/mol. The highest BCUT2D eigenvalue weighted by Crippen LogP contribution is 2.00. The van der Waals surface area contributed by atoms with Gasteiger partial charge in [-0.2, -0.15) is 0 Å². The number of pyridine rings is 1. The minimum absolute atomic E-state index is 0.249.